The molecule has 2 N–H and O–H groups in total. The molecule has 0 spiro atoms. The van der Waals surface area contributed by atoms with Gasteiger partial charge in [0, 0.05) is 30.5 Å². The quantitative estimate of drug-likeness (QED) is 0.325. The van der Waals surface area contributed by atoms with Crippen molar-refractivity contribution < 1.29 is 30.8 Å². The lowest BCUT2D eigenvalue weighted by atomic mass is 10.0. The van der Waals surface area contributed by atoms with E-state index in [2.05, 4.69) is 15.7 Å². The number of aromatic nitrogens is 2. The molecule has 3 aromatic carbocycles. The second-order valence-electron chi connectivity index (χ2n) is 9.04. The zero-order chi connectivity index (χ0) is 27.9. The Hall–Kier alpha value is -4.19. The number of sulfone groups is 1. The third-order valence-electron chi connectivity index (χ3n) is 6.38. The molecule has 0 unspecified atom stereocenters. The standard InChI is InChI=1S/C27H22F4N4O3S/c1-39(37,38)23-9-5-3-7-18(23)16-10-11-21(20(28)14-16)32-13-12-19-24-26(36)33-15-17-6-2-4-8-22(17)35(24)34-25(19)27(29,30)31/h2-11,14,32H,12-13,15H2,1H3,(H,33,36). The van der Waals surface area contributed by atoms with Crippen LogP contribution in [0.2, 0.25) is 0 Å². The highest BCUT2D eigenvalue weighted by Gasteiger charge is 2.41. The molecule has 0 radical (unpaired) electrons. The molecule has 1 aliphatic rings. The molecule has 0 bridgehead atoms. The number of rotatable bonds is 6. The van der Waals surface area contributed by atoms with Gasteiger partial charge in [0.15, 0.2) is 15.5 Å². The number of halogens is 4. The summed E-state index contributed by atoms with van der Waals surface area (Å²) in [4.78, 5) is 12.9. The lowest BCUT2D eigenvalue weighted by Gasteiger charge is -2.12. The number of hydrogen-bond donors (Lipinski definition) is 2. The summed E-state index contributed by atoms with van der Waals surface area (Å²) in [5.74, 6) is -1.41. The summed E-state index contributed by atoms with van der Waals surface area (Å²) in [7, 11) is -3.56. The van der Waals surface area contributed by atoms with Gasteiger partial charge < -0.3 is 10.6 Å². The summed E-state index contributed by atoms with van der Waals surface area (Å²) < 4.78 is 82.1. The molecule has 202 valence electrons. The van der Waals surface area contributed by atoms with Crippen molar-refractivity contribution >= 4 is 21.4 Å². The summed E-state index contributed by atoms with van der Waals surface area (Å²) in [5, 5.41) is 9.18. The van der Waals surface area contributed by atoms with Crippen LogP contribution in [0.3, 0.4) is 0 Å². The smallest absolute Gasteiger partial charge is 0.382 e. The third-order valence-corrected chi connectivity index (χ3v) is 7.54. The van der Waals surface area contributed by atoms with Crippen molar-refractivity contribution in [1.82, 2.24) is 15.1 Å². The van der Waals surface area contributed by atoms with E-state index in [0.29, 0.717) is 22.4 Å². The maximum absolute atomic E-state index is 15.0. The highest BCUT2D eigenvalue weighted by Crippen LogP contribution is 2.35. The van der Waals surface area contributed by atoms with Crippen LogP contribution in [0.1, 0.15) is 27.3 Å². The van der Waals surface area contributed by atoms with Crippen molar-refractivity contribution in [3.05, 3.63) is 95.1 Å². The Morgan fingerprint density at radius 2 is 1.77 bits per heavy atom. The molecule has 7 nitrogen and oxygen atoms in total. The number of para-hydroxylation sites is 1. The summed E-state index contributed by atoms with van der Waals surface area (Å²) in [6, 6.07) is 16.9. The Bertz CT molecular complexity index is 1700. The van der Waals surface area contributed by atoms with Crippen LogP contribution in [0.25, 0.3) is 16.8 Å². The second-order valence-corrected chi connectivity index (χ2v) is 11.0. The number of carbonyl (C=O) groups is 1. The number of anilines is 1. The second kappa shape index (κ2) is 9.84. The van der Waals surface area contributed by atoms with Gasteiger partial charge in [-0.2, -0.15) is 18.3 Å². The monoisotopic (exact) mass is 558 g/mol. The summed E-state index contributed by atoms with van der Waals surface area (Å²) in [5.41, 5.74) is -0.0521. The molecule has 0 saturated heterocycles. The number of alkyl halides is 3. The molecule has 5 rings (SSSR count). The molecule has 39 heavy (non-hydrogen) atoms. The van der Waals surface area contributed by atoms with Gasteiger partial charge in [0.25, 0.3) is 5.91 Å². The molecule has 0 atom stereocenters. The van der Waals surface area contributed by atoms with Crippen molar-refractivity contribution in [2.24, 2.45) is 0 Å². The first-order valence-corrected chi connectivity index (χ1v) is 13.7. The Morgan fingerprint density at radius 1 is 1.05 bits per heavy atom. The fraction of sp³-hybridized carbons (Fsp3) is 0.185. The van der Waals surface area contributed by atoms with E-state index in [-0.39, 0.29) is 41.4 Å². The van der Waals surface area contributed by atoms with Gasteiger partial charge in [-0.1, -0.05) is 42.5 Å². The van der Waals surface area contributed by atoms with Crippen molar-refractivity contribution in [1.29, 1.82) is 0 Å². The van der Waals surface area contributed by atoms with E-state index in [1.54, 1.807) is 42.5 Å². The van der Waals surface area contributed by atoms with Crippen LogP contribution in [-0.4, -0.2) is 36.9 Å². The average molecular weight is 559 g/mol. The molecule has 0 aliphatic carbocycles. The molecule has 1 aromatic heterocycles. The number of fused-ring (bicyclic) bond motifs is 3. The molecule has 2 heterocycles. The van der Waals surface area contributed by atoms with Gasteiger partial charge in [0.05, 0.1) is 16.3 Å². The minimum Gasteiger partial charge on any atom is -0.382 e. The Kier molecular flexibility index (Phi) is 6.67. The first kappa shape index (κ1) is 26.4. The van der Waals surface area contributed by atoms with Crippen LogP contribution in [0.4, 0.5) is 23.2 Å². The fourth-order valence-electron chi connectivity index (χ4n) is 4.63. The first-order valence-electron chi connectivity index (χ1n) is 11.8. The molecule has 1 amide bonds. The number of carbonyl (C=O) groups excluding carboxylic acids is 1. The van der Waals surface area contributed by atoms with Crippen LogP contribution >= 0.6 is 0 Å². The maximum atomic E-state index is 15.0. The predicted molar refractivity (Wildman–Crippen MR) is 137 cm³/mol. The van der Waals surface area contributed by atoms with Gasteiger partial charge in [-0.3, -0.25) is 4.79 Å². The Morgan fingerprint density at radius 3 is 2.49 bits per heavy atom. The van der Waals surface area contributed by atoms with Gasteiger partial charge in [-0.05, 0) is 41.8 Å². The number of hydrogen-bond acceptors (Lipinski definition) is 5. The van der Waals surface area contributed by atoms with Crippen LogP contribution in [0.15, 0.2) is 71.6 Å². The van der Waals surface area contributed by atoms with Crippen molar-refractivity contribution in [2.45, 2.75) is 24.0 Å². The van der Waals surface area contributed by atoms with Gasteiger partial charge in [0.2, 0.25) is 0 Å². The first-order chi connectivity index (χ1) is 18.4. The number of nitrogens with one attached hydrogen (secondary N) is 2. The molecule has 12 heteroatoms. The minimum atomic E-state index is -4.82. The van der Waals surface area contributed by atoms with E-state index in [9.17, 15) is 30.8 Å². The SMILES string of the molecule is CS(=O)(=O)c1ccccc1-c1ccc(NCCc2c(C(F)(F)F)nn3c2C(=O)NCc2ccccc2-3)c(F)c1. The van der Waals surface area contributed by atoms with Crippen LogP contribution in [0.5, 0.6) is 0 Å². The lowest BCUT2D eigenvalue weighted by Crippen LogP contribution is -2.24. The highest BCUT2D eigenvalue weighted by atomic mass is 32.2. The Labute approximate surface area is 221 Å². The van der Waals surface area contributed by atoms with E-state index in [1.807, 2.05) is 0 Å². The van der Waals surface area contributed by atoms with E-state index >= 15 is 0 Å². The van der Waals surface area contributed by atoms with Crippen molar-refractivity contribution in [2.75, 3.05) is 18.1 Å². The van der Waals surface area contributed by atoms with E-state index in [0.717, 1.165) is 17.0 Å². The minimum absolute atomic E-state index is 0.0113. The highest BCUT2D eigenvalue weighted by molar-refractivity contribution is 7.90. The zero-order valence-electron chi connectivity index (χ0n) is 20.5. The normalized spacial score (nSPS) is 13.3. The molecule has 1 aliphatic heterocycles. The Balaban J connectivity index is 1.43. The molecular weight excluding hydrogens is 536 g/mol. The van der Waals surface area contributed by atoms with Gasteiger partial charge in [0.1, 0.15) is 11.5 Å². The molecular formula is C27H22F4N4O3S. The van der Waals surface area contributed by atoms with Gasteiger partial charge >= 0.3 is 6.18 Å². The number of benzene rings is 3. The summed E-state index contributed by atoms with van der Waals surface area (Å²) >= 11 is 0. The van der Waals surface area contributed by atoms with Gasteiger partial charge in [-0.25, -0.2) is 17.5 Å². The summed E-state index contributed by atoms with van der Waals surface area (Å²) in [6.45, 7) is 0.00429. The summed E-state index contributed by atoms with van der Waals surface area (Å²) in [6.07, 6.45) is -4.02. The van der Waals surface area contributed by atoms with E-state index in [4.69, 9.17) is 0 Å². The topological polar surface area (TPSA) is 93.1 Å². The fourth-order valence-corrected chi connectivity index (χ4v) is 5.54. The lowest BCUT2D eigenvalue weighted by molar-refractivity contribution is -0.141. The van der Waals surface area contributed by atoms with Crippen molar-refractivity contribution in [3.63, 3.8) is 0 Å². The predicted octanol–water partition coefficient (Wildman–Crippen LogP) is 5.00. The van der Waals surface area contributed by atoms with Crippen LogP contribution < -0.4 is 10.6 Å². The molecule has 0 fully saturated rings. The number of nitrogens with zero attached hydrogens (tertiary/aromatic N) is 2. The maximum Gasteiger partial charge on any atom is 0.435 e. The van der Waals surface area contributed by atoms with Crippen LogP contribution in [0, 0.1) is 5.82 Å². The van der Waals surface area contributed by atoms with Crippen LogP contribution in [-0.2, 0) is 29.0 Å². The molecule has 0 saturated carbocycles. The van der Waals surface area contributed by atoms with E-state index in [1.165, 1.54) is 18.2 Å². The zero-order valence-corrected chi connectivity index (χ0v) is 21.3. The van der Waals surface area contributed by atoms with Crippen molar-refractivity contribution in [3.8, 4) is 16.8 Å². The largest absolute Gasteiger partial charge is 0.435 e. The average Bonchev–Trinajstić information content (AvgIpc) is 3.21. The van der Waals surface area contributed by atoms with Gasteiger partial charge in [-0.15, -0.1) is 0 Å². The van der Waals surface area contributed by atoms with E-state index < -0.39 is 33.4 Å². The number of amides is 1. The third kappa shape index (κ3) is 5.11. The molecule has 4 aromatic rings.